The third kappa shape index (κ3) is 4.96. The van der Waals surface area contributed by atoms with Crippen LogP contribution in [0.25, 0.3) is 0 Å². The Balaban J connectivity index is 1.53. The number of amides is 2. The van der Waals surface area contributed by atoms with Crippen LogP contribution < -0.4 is 5.32 Å². The van der Waals surface area contributed by atoms with Gasteiger partial charge in [0.2, 0.25) is 11.8 Å². The van der Waals surface area contributed by atoms with E-state index in [-0.39, 0.29) is 11.8 Å². The van der Waals surface area contributed by atoms with E-state index in [1.165, 1.54) is 12.8 Å². The van der Waals surface area contributed by atoms with Crippen LogP contribution in [0, 0.1) is 0 Å². The summed E-state index contributed by atoms with van der Waals surface area (Å²) in [4.78, 5) is 26.3. The van der Waals surface area contributed by atoms with Crippen molar-refractivity contribution in [3.8, 4) is 0 Å². The van der Waals surface area contributed by atoms with E-state index < -0.39 is 0 Å². The lowest BCUT2D eigenvalue weighted by Crippen LogP contribution is -2.32. The monoisotopic (exact) mass is 358 g/mol. The Morgan fingerprint density at radius 3 is 2.85 bits per heavy atom. The molecule has 0 bridgehead atoms. The highest BCUT2D eigenvalue weighted by Gasteiger charge is 2.21. The zero-order chi connectivity index (χ0) is 18.4. The van der Waals surface area contributed by atoms with Gasteiger partial charge in [-0.05, 0) is 32.3 Å². The van der Waals surface area contributed by atoms with Gasteiger partial charge in [-0.15, -0.1) is 0 Å². The number of hydrogen-bond donors (Lipinski definition) is 1. The smallest absolute Gasteiger partial charge is 0.226 e. The summed E-state index contributed by atoms with van der Waals surface area (Å²) in [6, 6.07) is 2.43. The second-order valence-electron chi connectivity index (χ2n) is 7.34. The molecular formula is C20H30N4O2. The molecule has 2 aliphatic rings. The lowest BCUT2D eigenvalue weighted by atomic mass is 10.2. The zero-order valence-corrected chi connectivity index (χ0v) is 15.7. The van der Waals surface area contributed by atoms with Crippen LogP contribution in [-0.2, 0) is 29.1 Å². The van der Waals surface area contributed by atoms with Crippen molar-refractivity contribution >= 4 is 11.8 Å². The highest BCUT2D eigenvalue weighted by atomic mass is 16.2. The van der Waals surface area contributed by atoms with Crippen LogP contribution in [0.3, 0.4) is 0 Å². The summed E-state index contributed by atoms with van der Waals surface area (Å²) in [5, 5.41) is 7.78. The predicted octanol–water partition coefficient (Wildman–Crippen LogP) is 2.57. The number of carbonyl (C=O) groups excluding carboxylic acids is 2. The predicted molar refractivity (Wildman–Crippen MR) is 100 cm³/mol. The molecule has 0 saturated heterocycles. The van der Waals surface area contributed by atoms with Gasteiger partial charge in [0.15, 0.2) is 0 Å². The van der Waals surface area contributed by atoms with Crippen LogP contribution in [0.2, 0.25) is 0 Å². The van der Waals surface area contributed by atoms with Gasteiger partial charge in [-0.2, -0.15) is 5.10 Å². The number of nitrogens with one attached hydrogen (secondary N) is 1. The summed E-state index contributed by atoms with van der Waals surface area (Å²) in [6.45, 7) is 4.15. The molecule has 1 saturated carbocycles. The van der Waals surface area contributed by atoms with Crippen LogP contribution in [0.5, 0.6) is 0 Å². The number of fused-ring (bicyclic) bond motifs is 1. The van der Waals surface area contributed by atoms with Gasteiger partial charge in [-0.25, -0.2) is 0 Å². The quantitative estimate of drug-likeness (QED) is 0.795. The van der Waals surface area contributed by atoms with Gasteiger partial charge in [-0.1, -0.05) is 25.0 Å². The molecule has 2 amide bonds. The van der Waals surface area contributed by atoms with E-state index in [0.717, 1.165) is 43.7 Å². The molecule has 0 spiro atoms. The molecule has 6 nitrogen and oxygen atoms in total. The minimum atomic E-state index is 0.128. The number of aryl methyl sites for hydroxylation is 2. The Hall–Kier alpha value is -2.11. The minimum Gasteiger partial charge on any atom is -0.353 e. The molecule has 2 heterocycles. The van der Waals surface area contributed by atoms with Crippen molar-refractivity contribution < 1.29 is 9.59 Å². The fraction of sp³-hybridized carbons (Fsp3) is 0.650. The standard InChI is InChI=1S/C20H30N4O2/c1-2-3-9-20(26)23-12-6-13-24-18(15-23)14-17(22-24)10-11-19(25)21-16-7-4-5-8-16/h2-3,14,16H,4-13,15H2,1H3,(H,21,25). The van der Waals surface area contributed by atoms with Crippen LogP contribution in [0.4, 0.5) is 0 Å². The fourth-order valence-electron chi connectivity index (χ4n) is 3.82. The van der Waals surface area contributed by atoms with E-state index in [1.54, 1.807) is 0 Å². The first-order valence-electron chi connectivity index (χ1n) is 9.89. The zero-order valence-electron chi connectivity index (χ0n) is 15.7. The van der Waals surface area contributed by atoms with Gasteiger partial charge in [0.1, 0.15) is 0 Å². The maximum Gasteiger partial charge on any atom is 0.226 e. The van der Waals surface area contributed by atoms with Gasteiger partial charge in [0.05, 0.1) is 17.9 Å². The van der Waals surface area contributed by atoms with Crippen molar-refractivity contribution in [2.75, 3.05) is 6.54 Å². The molecule has 1 aromatic heterocycles. The summed E-state index contributed by atoms with van der Waals surface area (Å²) in [5.41, 5.74) is 2.02. The number of hydrogen-bond acceptors (Lipinski definition) is 3. The first kappa shape index (κ1) is 18.7. The average molecular weight is 358 g/mol. The highest BCUT2D eigenvalue weighted by molar-refractivity contribution is 5.77. The van der Waals surface area contributed by atoms with Crippen LogP contribution >= 0.6 is 0 Å². The molecule has 1 aromatic rings. The van der Waals surface area contributed by atoms with Crippen molar-refractivity contribution in [2.24, 2.45) is 0 Å². The van der Waals surface area contributed by atoms with Crippen molar-refractivity contribution in [3.05, 3.63) is 29.6 Å². The second-order valence-corrected chi connectivity index (χ2v) is 7.34. The molecular weight excluding hydrogens is 328 g/mol. The van der Waals surface area contributed by atoms with E-state index in [2.05, 4.69) is 16.5 Å². The number of allylic oxidation sites excluding steroid dienone is 1. The molecule has 26 heavy (non-hydrogen) atoms. The topological polar surface area (TPSA) is 67.2 Å². The van der Waals surface area contributed by atoms with Crippen molar-refractivity contribution in [2.45, 2.75) is 77.4 Å². The van der Waals surface area contributed by atoms with Crippen LogP contribution in [0.15, 0.2) is 18.2 Å². The summed E-state index contributed by atoms with van der Waals surface area (Å²) >= 11 is 0. The summed E-state index contributed by atoms with van der Waals surface area (Å²) in [7, 11) is 0. The Kier molecular flexibility index (Phi) is 6.47. The molecule has 0 unspecified atom stereocenters. The largest absolute Gasteiger partial charge is 0.353 e. The number of carbonyl (C=O) groups is 2. The van der Waals surface area contributed by atoms with Gasteiger partial charge in [-0.3, -0.25) is 14.3 Å². The average Bonchev–Trinajstić information content (AvgIpc) is 3.23. The van der Waals surface area contributed by atoms with E-state index >= 15 is 0 Å². The summed E-state index contributed by atoms with van der Waals surface area (Å²) in [5.74, 6) is 0.290. The molecule has 0 atom stereocenters. The van der Waals surface area contributed by atoms with Gasteiger partial charge in [0, 0.05) is 38.4 Å². The lowest BCUT2D eigenvalue weighted by molar-refractivity contribution is -0.130. The Morgan fingerprint density at radius 1 is 1.27 bits per heavy atom. The molecule has 3 rings (SSSR count). The third-order valence-corrected chi connectivity index (χ3v) is 5.27. The maximum absolute atomic E-state index is 12.3. The Labute approximate surface area is 155 Å². The minimum absolute atomic E-state index is 0.128. The van der Waals surface area contributed by atoms with Crippen molar-refractivity contribution in [1.82, 2.24) is 20.0 Å². The molecule has 1 aliphatic carbocycles. The molecule has 0 aromatic carbocycles. The van der Waals surface area contributed by atoms with Gasteiger partial charge in [0.25, 0.3) is 0 Å². The van der Waals surface area contributed by atoms with Crippen LogP contribution in [-0.4, -0.2) is 39.1 Å². The molecule has 1 aliphatic heterocycles. The number of rotatable bonds is 6. The Bertz CT molecular complexity index is 659. The van der Waals surface area contributed by atoms with E-state index in [4.69, 9.17) is 0 Å². The second kappa shape index (κ2) is 9.01. The first-order chi connectivity index (χ1) is 12.7. The SMILES string of the molecule is CC=CCC(=O)N1CCCn2nc(CCC(=O)NC3CCCC3)cc2C1. The van der Waals surface area contributed by atoms with Crippen molar-refractivity contribution in [3.63, 3.8) is 0 Å². The molecule has 0 radical (unpaired) electrons. The molecule has 1 N–H and O–H groups in total. The number of aromatic nitrogens is 2. The maximum atomic E-state index is 12.3. The first-order valence-corrected chi connectivity index (χ1v) is 9.89. The fourth-order valence-corrected chi connectivity index (χ4v) is 3.82. The van der Waals surface area contributed by atoms with E-state index in [1.807, 2.05) is 28.7 Å². The molecule has 1 fully saturated rings. The number of nitrogens with zero attached hydrogens (tertiary/aromatic N) is 3. The van der Waals surface area contributed by atoms with E-state index in [9.17, 15) is 9.59 Å². The molecule has 6 heteroatoms. The van der Waals surface area contributed by atoms with Crippen LogP contribution in [0.1, 0.15) is 63.3 Å². The van der Waals surface area contributed by atoms with Gasteiger partial charge < -0.3 is 10.2 Å². The summed E-state index contributed by atoms with van der Waals surface area (Å²) < 4.78 is 2.01. The van der Waals surface area contributed by atoms with Gasteiger partial charge >= 0.3 is 0 Å². The van der Waals surface area contributed by atoms with Crippen molar-refractivity contribution in [1.29, 1.82) is 0 Å². The summed E-state index contributed by atoms with van der Waals surface area (Å²) in [6.07, 6.45) is 11.0. The normalized spacial score (nSPS) is 18.1. The lowest BCUT2D eigenvalue weighted by Gasteiger charge is -2.19. The highest BCUT2D eigenvalue weighted by Crippen LogP contribution is 2.18. The third-order valence-electron chi connectivity index (χ3n) is 5.27. The van der Waals surface area contributed by atoms with E-state index in [0.29, 0.717) is 31.8 Å². The molecule has 142 valence electrons. The Morgan fingerprint density at radius 2 is 2.08 bits per heavy atom.